The van der Waals surface area contributed by atoms with E-state index in [0.717, 1.165) is 24.8 Å². The first-order valence-electron chi connectivity index (χ1n) is 8.09. The Hall–Kier alpha value is -3.24. The Labute approximate surface area is 153 Å². The number of hydrogen-bond donors (Lipinski definition) is 0. The molecule has 0 aliphatic heterocycles. The molecule has 128 valence electrons. The molecule has 0 N–H and O–H groups in total. The van der Waals surface area contributed by atoms with E-state index in [0.29, 0.717) is 27.6 Å². The van der Waals surface area contributed by atoms with E-state index in [1.807, 2.05) is 0 Å². The van der Waals surface area contributed by atoms with Crippen molar-refractivity contribution in [1.82, 2.24) is 0 Å². The van der Waals surface area contributed by atoms with Crippen LogP contribution < -0.4 is 0 Å². The summed E-state index contributed by atoms with van der Waals surface area (Å²) in [5.74, 6) is 1.06. The molecule has 0 fully saturated rings. The number of nitrogens with zero attached hydrogens (tertiary/aromatic N) is 3. The zero-order valence-corrected chi connectivity index (χ0v) is 14.5. The molecule has 0 bridgehead atoms. The molecule has 2 heterocycles. The maximum atomic E-state index is 10.9. The Morgan fingerprint density at radius 3 is 3.00 bits per heavy atom. The SMILES string of the molecule is N#Cc1c(N=Cc2ccc(-c3cccc([N+](=O)[O-])c3)o2)sc2c1CCC2. The minimum absolute atomic E-state index is 0.0147. The normalized spacial score (nSPS) is 13.0. The van der Waals surface area contributed by atoms with Crippen LogP contribution in [0.2, 0.25) is 0 Å². The van der Waals surface area contributed by atoms with E-state index in [1.165, 1.54) is 17.0 Å². The Bertz CT molecular complexity index is 1070. The van der Waals surface area contributed by atoms with Crippen molar-refractivity contribution in [2.45, 2.75) is 19.3 Å². The van der Waals surface area contributed by atoms with Crippen molar-refractivity contribution < 1.29 is 9.34 Å². The highest BCUT2D eigenvalue weighted by atomic mass is 32.1. The van der Waals surface area contributed by atoms with Gasteiger partial charge in [-0.2, -0.15) is 5.26 Å². The van der Waals surface area contributed by atoms with Crippen LogP contribution in [0.4, 0.5) is 10.7 Å². The fraction of sp³-hybridized carbons (Fsp3) is 0.158. The monoisotopic (exact) mass is 363 g/mol. The molecule has 0 unspecified atom stereocenters. The van der Waals surface area contributed by atoms with Crippen molar-refractivity contribution in [2.24, 2.45) is 4.99 Å². The molecule has 4 rings (SSSR count). The Morgan fingerprint density at radius 2 is 2.19 bits per heavy atom. The molecular weight excluding hydrogens is 350 g/mol. The zero-order chi connectivity index (χ0) is 18.1. The summed E-state index contributed by atoms with van der Waals surface area (Å²) in [6.45, 7) is 0. The van der Waals surface area contributed by atoms with E-state index in [9.17, 15) is 15.4 Å². The summed E-state index contributed by atoms with van der Waals surface area (Å²) < 4.78 is 5.73. The first-order chi connectivity index (χ1) is 12.7. The molecular formula is C19H13N3O3S. The lowest BCUT2D eigenvalue weighted by molar-refractivity contribution is -0.384. The topological polar surface area (TPSA) is 92.4 Å². The average molecular weight is 363 g/mol. The van der Waals surface area contributed by atoms with Crippen LogP contribution in [0.5, 0.6) is 0 Å². The first kappa shape index (κ1) is 16.2. The predicted octanol–water partition coefficient (Wildman–Crippen LogP) is 5.03. The second-order valence-corrected chi connectivity index (χ2v) is 7.00. The van der Waals surface area contributed by atoms with Gasteiger partial charge in [0.25, 0.3) is 5.69 Å². The number of fused-ring (bicyclic) bond motifs is 1. The van der Waals surface area contributed by atoms with Gasteiger partial charge >= 0.3 is 0 Å². The number of aryl methyl sites for hydroxylation is 1. The number of nitro benzene ring substituents is 1. The summed E-state index contributed by atoms with van der Waals surface area (Å²) in [7, 11) is 0. The fourth-order valence-corrected chi connectivity index (χ4v) is 4.25. The highest BCUT2D eigenvalue weighted by molar-refractivity contribution is 7.16. The van der Waals surface area contributed by atoms with Crippen LogP contribution in [-0.4, -0.2) is 11.1 Å². The Kier molecular flexibility index (Phi) is 4.11. The van der Waals surface area contributed by atoms with Gasteiger partial charge in [-0.15, -0.1) is 11.3 Å². The second kappa shape index (κ2) is 6.58. The van der Waals surface area contributed by atoms with Gasteiger partial charge in [-0.25, -0.2) is 4.99 Å². The van der Waals surface area contributed by atoms with Gasteiger partial charge in [0.05, 0.1) is 16.7 Å². The molecule has 0 amide bonds. The summed E-state index contributed by atoms with van der Waals surface area (Å²) >= 11 is 1.56. The molecule has 0 saturated heterocycles. The molecule has 2 aromatic heterocycles. The maximum Gasteiger partial charge on any atom is 0.270 e. The minimum Gasteiger partial charge on any atom is -0.455 e. The Morgan fingerprint density at radius 1 is 1.31 bits per heavy atom. The van der Waals surface area contributed by atoms with Crippen LogP contribution in [-0.2, 0) is 12.8 Å². The van der Waals surface area contributed by atoms with Crippen molar-refractivity contribution in [3.8, 4) is 17.4 Å². The highest BCUT2D eigenvalue weighted by Crippen LogP contribution is 2.40. The third kappa shape index (κ3) is 2.91. The lowest BCUT2D eigenvalue weighted by Gasteiger charge is -1.96. The summed E-state index contributed by atoms with van der Waals surface area (Å²) in [4.78, 5) is 16.1. The molecule has 0 radical (unpaired) electrons. The van der Waals surface area contributed by atoms with Gasteiger partial charge < -0.3 is 4.42 Å². The second-order valence-electron chi connectivity index (χ2n) is 5.92. The smallest absolute Gasteiger partial charge is 0.270 e. The zero-order valence-electron chi connectivity index (χ0n) is 13.6. The van der Waals surface area contributed by atoms with Crippen LogP contribution in [0.25, 0.3) is 11.3 Å². The van der Waals surface area contributed by atoms with Gasteiger partial charge in [0.1, 0.15) is 22.6 Å². The number of rotatable bonds is 4. The van der Waals surface area contributed by atoms with Crippen molar-refractivity contribution in [2.75, 3.05) is 0 Å². The third-order valence-electron chi connectivity index (χ3n) is 4.29. The lowest BCUT2D eigenvalue weighted by atomic mass is 10.1. The van der Waals surface area contributed by atoms with Gasteiger partial charge in [-0.1, -0.05) is 12.1 Å². The van der Waals surface area contributed by atoms with Crippen molar-refractivity contribution >= 4 is 28.2 Å². The molecule has 6 nitrogen and oxygen atoms in total. The first-order valence-corrected chi connectivity index (χ1v) is 8.90. The Balaban J connectivity index is 1.60. The number of furan rings is 1. The van der Waals surface area contributed by atoms with Crippen LogP contribution in [0, 0.1) is 21.4 Å². The molecule has 1 aromatic carbocycles. The van der Waals surface area contributed by atoms with E-state index >= 15 is 0 Å². The molecule has 0 atom stereocenters. The fourth-order valence-electron chi connectivity index (χ4n) is 3.07. The summed E-state index contributed by atoms with van der Waals surface area (Å²) in [6.07, 6.45) is 4.65. The number of non-ortho nitro benzene ring substituents is 1. The summed E-state index contributed by atoms with van der Waals surface area (Å²) in [5, 5.41) is 21.0. The third-order valence-corrected chi connectivity index (χ3v) is 5.49. The van der Waals surface area contributed by atoms with Crippen LogP contribution >= 0.6 is 11.3 Å². The molecule has 0 saturated carbocycles. The largest absolute Gasteiger partial charge is 0.455 e. The lowest BCUT2D eigenvalue weighted by Crippen LogP contribution is -1.87. The number of aliphatic imine (C=N–C) groups is 1. The molecule has 26 heavy (non-hydrogen) atoms. The minimum atomic E-state index is -0.436. The summed E-state index contributed by atoms with van der Waals surface area (Å²) in [6, 6.07) is 12.1. The van der Waals surface area contributed by atoms with E-state index in [-0.39, 0.29) is 5.69 Å². The van der Waals surface area contributed by atoms with Crippen LogP contribution in [0.1, 0.15) is 28.2 Å². The van der Waals surface area contributed by atoms with Gasteiger partial charge in [0.2, 0.25) is 0 Å². The van der Waals surface area contributed by atoms with Crippen LogP contribution in [0.15, 0.2) is 45.8 Å². The highest BCUT2D eigenvalue weighted by Gasteiger charge is 2.21. The average Bonchev–Trinajstić information content (AvgIpc) is 3.35. The van der Waals surface area contributed by atoms with Crippen molar-refractivity contribution in [1.29, 1.82) is 5.26 Å². The van der Waals surface area contributed by atoms with Crippen molar-refractivity contribution in [3.63, 3.8) is 0 Å². The van der Waals surface area contributed by atoms with Crippen molar-refractivity contribution in [3.05, 3.63) is 68.3 Å². The standard InChI is InChI=1S/C19H13N3O3S/c20-10-16-15-5-2-6-18(15)26-19(16)21-11-14-7-8-17(25-14)12-3-1-4-13(9-12)22(23)24/h1,3-4,7-9,11H,2,5-6H2. The van der Waals surface area contributed by atoms with Crippen LogP contribution in [0.3, 0.4) is 0 Å². The van der Waals surface area contributed by atoms with Gasteiger partial charge in [0, 0.05) is 22.6 Å². The number of nitriles is 1. The van der Waals surface area contributed by atoms with E-state index in [1.54, 1.807) is 41.8 Å². The number of benzene rings is 1. The van der Waals surface area contributed by atoms with E-state index in [2.05, 4.69) is 11.1 Å². The predicted molar refractivity (Wildman–Crippen MR) is 99.1 cm³/mol. The summed E-state index contributed by atoms with van der Waals surface area (Å²) in [5.41, 5.74) is 2.46. The number of hydrogen-bond acceptors (Lipinski definition) is 6. The quantitative estimate of drug-likeness (QED) is 0.369. The number of nitro groups is 1. The molecule has 0 spiro atoms. The molecule has 1 aliphatic carbocycles. The van der Waals surface area contributed by atoms with Gasteiger partial charge in [0.15, 0.2) is 0 Å². The van der Waals surface area contributed by atoms with Gasteiger partial charge in [-0.05, 0) is 37.0 Å². The van der Waals surface area contributed by atoms with E-state index in [4.69, 9.17) is 4.42 Å². The van der Waals surface area contributed by atoms with E-state index < -0.39 is 4.92 Å². The van der Waals surface area contributed by atoms with Gasteiger partial charge in [-0.3, -0.25) is 10.1 Å². The molecule has 1 aliphatic rings. The number of thiophene rings is 1. The maximum absolute atomic E-state index is 10.9. The molecule has 7 heteroatoms. The molecule has 3 aromatic rings.